The number of amides is 1. The highest BCUT2D eigenvalue weighted by Crippen LogP contribution is 2.11. The van der Waals surface area contributed by atoms with Gasteiger partial charge in [-0.3, -0.25) is 9.78 Å². The van der Waals surface area contributed by atoms with Crippen LogP contribution in [0.1, 0.15) is 12.5 Å². The Hall–Kier alpha value is -1.42. The molecule has 1 atom stereocenters. The molecule has 1 aromatic rings. The van der Waals surface area contributed by atoms with Crippen molar-refractivity contribution in [3.05, 3.63) is 24.0 Å². The van der Waals surface area contributed by atoms with Gasteiger partial charge < -0.3 is 10.4 Å². The van der Waals surface area contributed by atoms with Crippen molar-refractivity contribution in [1.82, 2.24) is 4.98 Å². The van der Waals surface area contributed by atoms with E-state index in [4.69, 9.17) is 5.11 Å². The molecule has 0 aliphatic carbocycles. The second-order valence-electron chi connectivity index (χ2n) is 2.86. The Labute approximate surface area is 76.6 Å². The van der Waals surface area contributed by atoms with E-state index in [1.807, 2.05) is 6.92 Å². The van der Waals surface area contributed by atoms with Gasteiger partial charge in [0, 0.05) is 18.1 Å². The molecule has 2 N–H and O–H groups in total. The highest BCUT2D eigenvalue weighted by Gasteiger charge is 2.09. The van der Waals surface area contributed by atoms with E-state index in [1.165, 1.54) is 6.92 Å². The van der Waals surface area contributed by atoms with E-state index >= 15 is 0 Å². The van der Waals surface area contributed by atoms with E-state index in [2.05, 4.69) is 10.3 Å². The van der Waals surface area contributed by atoms with E-state index in [0.29, 0.717) is 5.69 Å². The van der Waals surface area contributed by atoms with E-state index in [0.717, 1.165) is 5.56 Å². The lowest BCUT2D eigenvalue weighted by Crippen LogP contribution is -2.24. The number of aromatic nitrogens is 1. The van der Waals surface area contributed by atoms with Gasteiger partial charge in [0.2, 0.25) is 0 Å². The molecule has 1 heterocycles. The summed E-state index contributed by atoms with van der Waals surface area (Å²) >= 11 is 0. The third kappa shape index (κ3) is 2.52. The van der Waals surface area contributed by atoms with Crippen molar-refractivity contribution >= 4 is 11.6 Å². The molecular weight excluding hydrogens is 168 g/mol. The molecule has 0 unspecified atom stereocenters. The molecule has 4 heteroatoms. The maximum atomic E-state index is 11.1. The number of hydrogen-bond donors (Lipinski definition) is 2. The predicted octanol–water partition coefficient (Wildman–Crippen LogP) is 0.709. The number of pyridine rings is 1. The van der Waals surface area contributed by atoms with Crippen LogP contribution in [0.3, 0.4) is 0 Å². The molecule has 4 nitrogen and oxygen atoms in total. The lowest BCUT2D eigenvalue weighted by Gasteiger charge is -2.08. The third-order valence-corrected chi connectivity index (χ3v) is 1.66. The molecule has 0 saturated heterocycles. The zero-order valence-electron chi connectivity index (χ0n) is 7.61. The topological polar surface area (TPSA) is 62.2 Å². The predicted molar refractivity (Wildman–Crippen MR) is 49.3 cm³/mol. The summed E-state index contributed by atoms with van der Waals surface area (Å²) in [6.07, 6.45) is 2.25. The average molecular weight is 180 g/mol. The maximum absolute atomic E-state index is 11.1. The van der Waals surface area contributed by atoms with Crippen LogP contribution in [0, 0.1) is 6.92 Å². The molecule has 0 fully saturated rings. The highest BCUT2D eigenvalue weighted by atomic mass is 16.3. The Balaban J connectivity index is 2.75. The molecule has 1 amide bonds. The summed E-state index contributed by atoms with van der Waals surface area (Å²) < 4.78 is 0. The zero-order chi connectivity index (χ0) is 9.84. The molecule has 70 valence electrons. The second-order valence-corrected chi connectivity index (χ2v) is 2.86. The molecule has 0 radical (unpaired) electrons. The van der Waals surface area contributed by atoms with Crippen molar-refractivity contribution in [3.8, 4) is 0 Å². The monoisotopic (exact) mass is 180 g/mol. The molecule has 0 saturated carbocycles. The lowest BCUT2D eigenvalue weighted by molar-refractivity contribution is -0.123. The first-order valence-corrected chi connectivity index (χ1v) is 4.01. The molecule has 13 heavy (non-hydrogen) atoms. The van der Waals surface area contributed by atoms with Gasteiger partial charge in [-0.25, -0.2) is 0 Å². The summed E-state index contributed by atoms with van der Waals surface area (Å²) in [5.74, 6) is -0.408. The van der Waals surface area contributed by atoms with Crippen molar-refractivity contribution in [3.63, 3.8) is 0 Å². The van der Waals surface area contributed by atoms with Crippen LogP contribution in [0.25, 0.3) is 0 Å². The van der Waals surface area contributed by atoms with E-state index in [9.17, 15) is 4.79 Å². The van der Waals surface area contributed by atoms with Crippen molar-refractivity contribution in [2.24, 2.45) is 0 Å². The van der Waals surface area contributed by atoms with E-state index in [1.54, 1.807) is 18.5 Å². The Morgan fingerprint density at radius 2 is 2.38 bits per heavy atom. The minimum atomic E-state index is -0.993. The van der Waals surface area contributed by atoms with Gasteiger partial charge in [-0.05, 0) is 25.5 Å². The molecule has 0 spiro atoms. The van der Waals surface area contributed by atoms with Crippen molar-refractivity contribution in [2.45, 2.75) is 20.0 Å². The number of carbonyl (C=O) groups is 1. The number of anilines is 1. The molecule has 0 aliphatic rings. The van der Waals surface area contributed by atoms with Gasteiger partial charge in [0.1, 0.15) is 6.10 Å². The van der Waals surface area contributed by atoms with Crippen LogP contribution in [0.5, 0.6) is 0 Å². The summed E-state index contributed by atoms with van der Waals surface area (Å²) in [4.78, 5) is 15.0. The van der Waals surface area contributed by atoms with Crippen LogP contribution in [-0.2, 0) is 4.79 Å². The van der Waals surface area contributed by atoms with Crippen molar-refractivity contribution in [2.75, 3.05) is 5.32 Å². The smallest absolute Gasteiger partial charge is 0.252 e. The normalized spacial score (nSPS) is 12.2. The molecule has 0 aromatic carbocycles. The summed E-state index contributed by atoms with van der Waals surface area (Å²) in [5.41, 5.74) is 1.55. The molecule has 0 aliphatic heterocycles. The fourth-order valence-electron chi connectivity index (χ4n) is 0.851. The first-order valence-electron chi connectivity index (χ1n) is 4.01. The summed E-state index contributed by atoms with van der Waals surface area (Å²) in [5, 5.41) is 11.5. The number of aliphatic hydroxyl groups is 1. The summed E-state index contributed by atoms with van der Waals surface area (Å²) in [7, 11) is 0. The van der Waals surface area contributed by atoms with Gasteiger partial charge in [0.15, 0.2) is 0 Å². The number of nitrogens with zero attached hydrogens (tertiary/aromatic N) is 1. The minimum Gasteiger partial charge on any atom is -0.384 e. The number of hydrogen-bond acceptors (Lipinski definition) is 3. The van der Waals surface area contributed by atoms with Gasteiger partial charge in [-0.15, -0.1) is 0 Å². The fourth-order valence-corrected chi connectivity index (χ4v) is 0.851. The summed E-state index contributed by atoms with van der Waals surface area (Å²) in [6.45, 7) is 3.26. The quantitative estimate of drug-likeness (QED) is 0.704. The third-order valence-electron chi connectivity index (χ3n) is 1.66. The van der Waals surface area contributed by atoms with Crippen molar-refractivity contribution < 1.29 is 9.90 Å². The number of aryl methyl sites for hydroxylation is 1. The van der Waals surface area contributed by atoms with Crippen LogP contribution < -0.4 is 5.32 Å². The van der Waals surface area contributed by atoms with E-state index in [-0.39, 0.29) is 0 Å². The first-order chi connectivity index (χ1) is 6.11. The Kier molecular flexibility index (Phi) is 2.97. The molecule has 1 rings (SSSR count). The summed E-state index contributed by atoms with van der Waals surface area (Å²) in [6, 6.07) is 1.69. The van der Waals surface area contributed by atoms with Crippen LogP contribution in [0.15, 0.2) is 18.5 Å². The minimum absolute atomic E-state index is 0.408. The lowest BCUT2D eigenvalue weighted by atomic mass is 10.2. The number of aliphatic hydroxyl groups excluding tert-OH is 1. The SMILES string of the molecule is Cc1cnccc1NC(=O)[C@H](C)O. The van der Waals surface area contributed by atoms with Gasteiger partial charge in [-0.1, -0.05) is 0 Å². The standard InChI is InChI=1S/C9H12N2O2/c1-6-5-10-4-3-8(6)11-9(13)7(2)12/h3-5,7,12H,1-2H3,(H,10,11,13)/t7-/m0/s1. The van der Waals surface area contributed by atoms with E-state index < -0.39 is 12.0 Å². The van der Waals surface area contributed by atoms with Gasteiger partial charge in [-0.2, -0.15) is 0 Å². The van der Waals surface area contributed by atoms with Crippen molar-refractivity contribution in [1.29, 1.82) is 0 Å². The Bertz CT molecular complexity index is 310. The van der Waals surface area contributed by atoms with Gasteiger partial charge >= 0.3 is 0 Å². The van der Waals surface area contributed by atoms with Crippen LogP contribution in [-0.4, -0.2) is 22.1 Å². The number of nitrogens with one attached hydrogen (secondary N) is 1. The molecule has 0 bridgehead atoms. The van der Waals surface area contributed by atoms with Crippen LogP contribution in [0.4, 0.5) is 5.69 Å². The van der Waals surface area contributed by atoms with Gasteiger partial charge in [0.25, 0.3) is 5.91 Å². The average Bonchev–Trinajstić information content (AvgIpc) is 2.08. The molecule has 1 aromatic heterocycles. The highest BCUT2D eigenvalue weighted by molar-refractivity contribution is 5.94. The Morgan fingerprint density at radius 1 is 1.69 bits per heavy atom. The number of rotatable bonds is 2. The Morgan fingerprint density at radius 3 is 2.92 bits per heavy atom. The fraction of sp³-hybridized carbons (Fsp3) is 0.333. The molecular formula is C9H12N2O2. The second kappa shape index (κ2) is 4.00. The largest absolute Gasteiger partial charge is 0.384 e. The van der Waals surface area contributed by atoms with Crippen LogP contribution >= 0.6 is 0 Å². The first kappa shape index (κ1) is 9.67. The van der Waals surface area contributed by atoms with Crippen LogP contribution in [0.2, 0.25) is 0 Å². The van der Waals surface area contributed by atoms with Gasteiger partial charge in [0.05, 0.1) is 0 Å². The maximum Gasteiger partial charge on any atom is 0.252 e. The zero-order valence-corrected chi connectivity index (χ0v) is 7.61. The number of carbonyl (C=O) groups excluding carboxylic acids is 1.